The Hall–Kier alpha value is -1.01. The minimum atomic E-state index is 0.745. The van der Waals surface area contributed by atoms with E-state index in [9.17, 15) is 0 Å². The van der Waals surface area contributed by atoms with Gasteiger partial charge in [-0.1, -0.05) is 0 Å². The van der Waals surface area contributed by atoms with E-state index < -0.39 is 0 Å². The number of hydrogen-bond acceptors (Lipinski definition) is 6. The van der Waals surface area contributed by atoms with Gasteiger partial charge >= 0.3 is 0 Å². The highest BCUT2D eigenvalue weighted by Gasteiger charge is 2.15. The Morgan fingerprint density at radius 1 is 1.30 bits per heavy atom. The van der Waals surface area contributed by atoms with Gasteiger partial charge in [0, 0.05) is 37.3 Å². The van der Waals surface area contributed by atoms with E-state index in [1.807, 2.05) is 24.0 Å². The summed E-state index contributed by atoms with van der Waals surface area (Å²) in [6.45, 7) is 5.45. The van der Waals surface area contributed by atoms with Crippen molar-refractivity contribution in [1.29, 1.82) is 0 Å². The molecule has 0 aliphatic carbocycles. The maximum absolute atomic E-state index is 4.66. The summed E-state index contributed by atoms with van der Waals surface area (Å²) in [4.78, 5) is 11.4. The average Bonchev–Trinajstić information content (AvgIpc) is 2.55. The molecule has 1 aromatic heterocycles. The first-order valence-corrected chi connectivity index (χ1v) is 8.67. The fraction of sp³-hybridized carbons (Fsp3) is 0.714. The second-order valence-electron chi connectivity index (χ2n) is 5.41. The van der Waals surface area contributed by atoms with Crippen molar-refractivity contribution in [3.63, 3.8) is 0 Å². The molecular weight excluding hydrogens is 270 g/mol. The summed E-state index contributed by atoms with van der Waals surface area (Å²) in [7, 11) is 0. The van der Waals surface area contributed by atoms with Crippen LogP contribution in [0.4, 0.5) is 11.8 Å². The van der Waals surface area contributed by atoms with Crippen molar-refractivity contribution in [1.82, 2.24) is 15.3 Å². The van der Waals surface area contributed by atoms with Gasteiger partial charge in [0.05, 0.1) is 0 Å². The zero-order valence-electron chi connectivity index (χ0n) is 11.8. The molecule has 6 heteroatoms. The third-order valence-corrected chi connectivity index (χ3v) is 4.93. The highest BCUT2D eigenvalue weighted by Crippen LogP contribution is 2.18. The Kier molecular flexibility index (Phi) is 4.97. The van der Waals surface area contributed by atoms with Gasteiger partial charge in [0.25, 0.3) is 0 Å². The molecule has 20 heavy (non-hydrogen) atoms. The number of anilines is 2. The Morgan fingerprint density at radius 2 is 2.10 bits per heavy atom. The van der Waals surface area contributed by atoms with E-state index in [2.05, 4.69) is 25.5 Å². The molecule has 0 bridgehead atoms. The van der Waals surface area contributed by atoms with E-state index in [1.54, 1.807) is 0 Å². The highest BCUT2D eigenvalue weighted by atomic mass is 32.2. The molecule has 0 unspecified atom stereocenters. The van der Waals surface area contributed by atoms with Gasteiger partial charge in [0.15, 0.2) is 0 Å². The fourth-order valence-electron chi connectivity index (χ4n) is 2.72. The predicted octanol–water partition coefficient (Wildman–Crippen LogP) is 1.44. The molecule has 0 atom stereocenters. The van der Waals surface area contributed by atoms with Crippen LogP contribution < -0.4 is 15.5 Å². The second-order valence-corrected chi connectivity index (χ2v) is 6.64. The van der Waals surface area contributed by atoms with Crippen molar-refractivity contribution < 1.29 is 0 Å². The molecule has 0 radical (unpaired) electrons. The van der Waals surface area contributed by atoms with Crippen LogP contribution in [0.2, 0.25) is 0 Å². The number of hydrogen-bond donors (Lipinski definition) is 2. The van der Waals surface area contributed by atoms with Gasteiger partial charge in [0.1, 0.15) is 5.82 Å². The van der Waals surface area contributed by atoms with E-state index in [0.29, 0.717) is 0 Å². The van der Waals surface area contributed by atoms with Crippen molar-refractivity contribution in [3.8, 4) is 0 Å². The van der Waals surface area contributed by atoms with Gasteiger partial charge < -0.3 is 15.5 Å². The maximum atomic E-state index is 4.66. The third kappa shape index (κ3) is 3.76. The number of nitrogens with zero attached hydrogens (tertiary/aromatic N) is 3. The van der Waals surface area contributed by atoms with Crippen LogP contribution in [0.5, 0.6) is 0 Å². The summed E-state index contributed by atoms with van der Waals surface area (Å²) in [5.41, 5.74) is 0. The van der Waals surface area contributed by atoms with Crippen LogP contribution in [-0.4, -0.2) is 54.2 Å². The van der Waals surface area contributed by atoms with Crippen molar-refractivity contribution >= 4 is 23.5 Å². The third-order valence-electron chi connectivity index (χ3n) is 3.98. The van der Waals surface area contributed by atoms with Gasteiger partial charge in [0.2, 0.25) is 5.95 Å². The van der Waals surface area contributed by atoms with Crippen molar-refractivity contribution in [2.24, 2.45) is 5.92 Å². The Labute approximate surface area is 124 Å². The van der Waals surface area contributed by atoms with Crippen LogP contribution in [-0.2, 0) is 0 Å². The summed E-state index contributed by atoms with van der Waals surface area (Å²) in [5.74, 6) is 4.98. The molecule has 0 saturated carbocycles. The van der Waals surface area contributed by atoms with Crippen molar-refractivity contribution in [2.75, 3.05) is 54.4 Å². The molecule has 0 spiro atoms. The first-order chi connectivity index (χ1) is 9.92. The lowest BCUT2D eigenvalue weighted by Gasteiger charge is -2.27. The molecule has 2 saturated heterocycles. The summed E-state index contributed by atoms with van der Waals surface area (Å²) < 4.78 is 0. The number of nitrogens with one attached hydrogen (secondary N) is 2. The molecule has 2 aliphatic rings. The van der Waals surface area contributed by atoms with Gasteiger partial charge in [-0.2, -0.15) is 16.7 Å². The smallest absolute Gasteiger partial charge is 0.224 e. The zero-order chi connectivity index (χ0) is 13.6. The topological polar surface area (TPSA) is 53.1 Å². The zero-order valence-corrected chi connectivity index (χ0v) is 12.7. The average molecular weight is 293 g/mol. The molecular formula is C14H23N5S. The van der Waals surface area contributed by atoms with Crippen molar-refractivity contribution in [3.05, 3.63) is 12.3 Å². The molecule has 2 N–H and O–H groups in total. The fourth-order valence-corrected chi connectivity index (χ4v) is 3.63. The monoisotopic (exact) mass is 293 g/mol. The van der Waals surface area contributed by atoms with E-state index in [1.165, 1.54) is 24.3 Å². The largest absolute Gasteiger partial charge is 0.355 e. The number of aromatic nitrogens is 2. The lowest BCUT2D eigenvalue weighted by Crippen LogP contribution is -2.33. The van der Waals surface area contributed by atoms with Gasteiger partial charge in [-0.25, -0.2) is 4.98 Å². The molecule has 5 nitrogen and oxygen atoms in total. The number of thioether (sulfide) groups is 1. The second kappa shape index (κ2) is 7.13. The van der Waals surface area contributed by atoms with Crippen LogP contribution >= 0.6 is 11.8 Å². The standard InChI is InChI=1S/C14H23N5S/c1-4-15-5-2-12(1)11-17-14-16-6-3-13(18-14)19-7-9-20-10-8-19/h3,6,12,15H,1-2,4-5,7-11H2,(H,16,17,18). The Balaban J connectivity index is 1.56. The van der Waals surface area contributed by atoms with E-state index >= 15 is 0 Å². The lowest BCUT2D eigenvalue weighted by molar-refractivity contribution is 0.389. The summed E-state index contributed by atoms with van der Waals surface area (Å²) in [6, 6.07) is 2.02. The van der Waals surface area contributed by atoms with Crippen molar-refractivity contribution in [2.45, 2.75) is 12.8 Å². The Bertz CT molecular complexity index is 416. The van der Waals surface area contributed by atoms with E-state index in [4.69, 9.17) is 0 Å². The number of piperidine rings is 1. The molecule has 3 heterocycles. The van der Waals surface area contributed by atoms with E-state index in [-0.39, 0.29) is 0 Å². The first kappa shape index (κ1) is 13.9. The summed E-state index contributed by atoms with van der Waals surface area (Å²) >= 11 is 2.02. The van der Waals surface area contributed by atoms with Crippen LogP contribution in [0.3, 0.4) is 0 Å². The van der Waals surface area contributed by atoms with Crippen LogP contribution in [0.1, 0.15) is 12.8 Å². The van der Waals surface area contributed by atoms with Gasteiger partial charge in [-0.05, 0) is 37.9 Å². The summed E-state index contributed by atoms with van der Waals surface area (Å²) in [5, 5.41) is 6.81. The molecule has 110 valence electrons. The highest BCUT2D eigenvalue weighted by molar-refractivity contribution is 7.99. The molecule has 0 amide bonds. The molecule has 3 rings (SSSR count). The van der Waals surface area contributed by atoms with Crippen LogP contribution in [0.15, 0.2) is 12.3 Å². The maximum Gasteiger partial charge on any atom is 0.224 e. The number of rotatable bonds is 4. The molecule has 2 aliphatic heterocycles. The molecule has 0 aromatic carbocycles. The first-order valence-electron chi connectivity index (χ1n) is 7.52. The van der Waals surface area contributed by atoms with E-state index in [0.717, 1.165) is 50.4 Å². The van der Waals surface area contributed by atoms with Crippen LogP contribution in [0, 0.1) is 5.92 Å². The molecule has 2 fully saturated rings. The molecule has 1 aromatic rings. The van der Waals surface area contributed by atoms with Gasteiger partial charge in [-0.3, -0.25) is 0 Å². The van der Waals surface area contributed by atoms with Gasteiger partial charge in [-0.15, -0.1) is 0 Å². The van der Waals surface area contributed by atoms with Crippen LogP contribution in [0.25, 0.3) is 0 Å². The SMILES string of the molecule is c1cc(N2CCSCC2)nc(NCC2CCNCC2)n1. The normalized spacial score (nSPS) is 20.9. The quantitative estimate of drug-likeness (QED) is 0.876. The minimum Gasteiger partial charge on any atom is -0.355 e. The summed E-state index contributed by atoms with van der Waals surface area (Å²) in [6.07, 6.45) is 4.36. The predicted molar refractivity (Wildman–Crippen MR) is 85.7 cm³/mol. The minimum absolute atomic E-state index is 0.745. The lowest BCUT2D eigenvalue weighted by atomic mass is 9.98. The Morgan fingerprint density at radius 3 is 2.90 bits per heavy atom.